The summed E-state index contributed by atoms with van der Waals surface area (Å²) in [6.07, 6.45) is -6.62. The molecule has 0 amide bonds. The monoisotopic (exact) mass is 496 g/mol. The minimum atomic E-state index is -1.54. The number of ether oxygens (including phenoxy) is 4. The van der Waals surface area contributed by atoms with Crippen LogP contribution in [0.15, 0.2) is 21.9 Å². The van der Waals surface area contributed by atoms with Crippen molar-refractivity contribution in [1.29, 1.82) is 0 Å². The first-order chi connectivity index (χ1) is 16.4. The van der Waals surface area contributed by atoms with E-state index >= 15 is 0 Å². The number of aromatic amines is 1. The van der Waals surface area contributed by atoms with E-state index in [9.17, 15) is 38.4 Å². The topological polar surface area (TPSA) is 194 Å². The molecule has 1 fully saturated rings. The van der Waals surface area contributed by atoms with Crippen LogP contribution in [0.25, 0.3) is 0 Å². The second kappa shape index (κ2) is 12.0. The van der Waals surface area contributed by atoms with Gasteiger partial charge in [0.2, 0.25) is 0 Å². The number of hydrogen-bond donors (Lipinski definition) is 1. The van der Waals surface area contributed by atoms with Crippen molar-refractivity contribution in [2.24, 2.45) is 0 Å². The number of ketones is 3. The Hall–Kier alpha value is -3.94. The summed E-state index contributed by atoms with van der Waals surface area (Å²) < 4.78 is 22.1. The maximum atomic E-state index is 12.4. The van der Waals surface area contributed by atoms with Crippen LogP contribution >= 0.6 is 0 Å². The van der Waals surface area contributed by atoms with E-state index in [1.165, 1.54) is 6.92 Å². The first-order valence-corrected chi connectivity index (χ1v) is 10.4. The third-order valence-electron chi connectivity index (χ3n) is 4.53. The van der Waals surface area contributed by atoms with Crippen LogP contribution in [0, 0.1) is 0 Å². The van der Waals surface area contributed by atoms with Crippen molar-refractivity contribution < 1.29 is 47.7 Å². The average Bonchev–Trinajstić information content (AvgIpc) is 3.01. The van der Waals surface area contributed by atoms with E-state index < -0.39 is 96.9 Å². The Labute approximate surface area is 197 Å². The fraction of sp³-hybridized carbons (Fsp3) is 0.524. The van der Waals surface area contributed by atoms with E-state index in [1.54, 1.807) is 0 Å². The second-order valence-electron chi connectivity index (χ2n) is 7.81. The standard InChI is InChI=1S/C21H24N2O12/c1-10(24)6-15(28)32-9-13-18(34-16(29)7-11(2)25)19(35-17(30)8-12(3)26)20(33-13)23-5-4-14(27)22-21(23)31/h4-5,13,18-20H,6-9H2,1-3H3,(H,22,27,31)/t13-,18-,19-,20-/m1/s1. The van der Waals surface area contributed by atoms with Gasteiger partial charge in [-0.2, -0.15) is 0 Å². The molecule has 0 saturated carbocycles. The van der Waals surface area contributed by atoms with Gasteiger partial charge in [-0.05, 0) is 20.8 Å². The van der Waals surface area contributed by atoms with Crippen LogP contribution in [-0.4, -0.2) is 69.7 Å². The molecule has 0 unspecified atom stereocenters. The van der Waals surface area contributed by atoms with Crippen LogP contribution in [0.3, 0.4) is 0 Å². The summed E-state index contributed by atoms with van der Waals surface area (Å²) in [6.45, 7) is 2.86. The summed E-state index contributed by atoms with van der Waals surface area (Å²) in [7, 11) is 0. The molecule has 14 nitrogen and oxygen atoms in total. The van der Waals surface area contributed by atoms with Crippen LogP contribution in [0.5, 0.6) is 0 Å². The fourth-order valence-corrected chi connectivity index (χ4v) is 3.18. The highest BCUT2D eigenvalue weighted by atomic mass is 16.7. The van der Waals surface area contributed by atoms with Crippen molar-refractivity contribution in [2.45, 2.75) is 64.6 Å². The lowest BCUT2D eigenvalue weighted by Crippen LogP contribution is -2.43. The minimum Gasteiger partial charge on any atom is -0.462 e. The predicted molar refractivity (Wildman–Crippen MR) is 112 cm³/mol. The van der Waals surface area contributed by atoms with Gasteiger partial charge >= 0.3 is 23.6 Å². The lowest BCUT2D eigenvalue weighted by atomic mass is 10.1. The lowest BCUT2D eigenvalue weighted by molar-refractivity contribution is -0.170. The molecule has 2 heterocycles. The molecule has 1 N–H and O–H groups in total. The molecule has 1 aromatic rings. The Kier molecular flexibility index (Phi) is 9.34. The van der Waals surface area contributed by atoms with E-state index in [-0.39, 0.29) is 0 Å². The van der Waals surface area contributed by atoms with Gasteiger partial charge in [0.1, 0.15) is 49.3 Å². The maximum Gasteiger partial charge on any atom is 0.330 e. The number of hydrogen-bond acceptors (Lipinski definition) is 12. The van der Waals surface area contributed by atoms with E-state index in [2.05, 4.69) is 0 Å². The third kappa shape index (κ3) is 8.10. The number of H-pyrrole nitrogens is 1. The molecule has 4 atom stereocenters. The molecule has 0 radical (unpaired) electrons. The van der Waals surface area contributed by atoms with Crippen LogP contribution in [0.1, 0.15) is 46.3 Å². The number of carbonyl (C=O) groups is 6. The minimum absolute atomic E-state index is 0.472. The molecule has 1 aliphatic heterocycles. The van der Waals surface area contributed by atoms with Gasteiger partial charge < -0.3 is 18.9 Å². The normalized spacial score (nSPS) is 21.1. The van der Waals surface area contributed by atoms with Crippen LogP contribution in [0.2, 0.25) is 0 Å². The fourth-order valence-electron chi connectivity index (χ4n) is 3.18. The Morgan fingerprint density at radius 2 is 1.37 bits per heavy atom. The summed E-state index contributed by atoms with van der Waals surface area (Å²) in [5, 5.41) is 0. The third-order valence-corrected chi connectivity index (χ3v) is 4.53. The van der Waals surface area contributed by atoms with Gasteiger partial charge in [-0.1, -0.05) is 0 Å². The number of esters is 3. The van der Waals surface area contributed by atoms with Gasteiger partial charge in [-0.3, -0.25) is 43.1 Å². The number of rotatable bonds is 11. The van der Waals surface area contributed by atoms with Crippen molar-refractivity contribution >= 4 is 35.3 Å². The van der Waals surface area contributed by atoms with Crippen molar-refractivity contribution in [1.82, 2.24) is 9.55 Å². The van der Waals surface area contributed by atoms with Gasteiger partial charge in [0.15, 0.2) is 18.4 Å². The Balaban J connectivity index is 2.43. The van der Waals surface area contributed by atoms with Crippen LogP contribution < -0.4 is 11.2 Å². The summed E-state index contributed by atoms with van der Waals surface area (Å²) in [5.74, 6) is -4.50. The first-order valence-electron chi connectivity index (χ1n) is 10.4. The smallest absolute Gasteiger partial charge is 0.330 e. The lowest BCUT2D eigenvalue weighted by Gasteiger charge is -2.24. The molecule has 2 rings (SSSR count). The van der Waals surface area contributed by atoms with Crippen molar-refractivity contribution in [2.75, 3.05) is 6.61 Å². The zero-order valence-corrected chi connectivity index (χ0v) is 19.1. The quantitative estimate of drug-likeness (QED) is 0.217. The molecule has 0 aromatic carbocycles. The highest BCUT2D eigenvalue weighted by molar-refractivity contribution is 5.95. The van der Waals surface area contributed by atoms with Crippen molar-refractivity contribution in [3.05, 3.63) is 33.1 Å². The number of nitrogens with one attached hydrogen (secondary N) is 1. The molecule has 0 aliphatic carbocycles. The summed E-state index contributed by atoms with van der Waals surface area (Å²) >= 11 is 0. The van der Waals surface area contributed by atoms with E-state index in [4.69, 9.17) is 18.9 Å². The molecule has 1 aliphatic rings. The second-order valence-corrected chi connectivity index (χ2v) is 7.81. The first kappa shape index (κ1) is 27.3. The Morgan fingerprint density at radius 1 is 0.857 bits per heavy atom. The zero-order chi connectivity index (χ0) is 26.3. The van der Waals surface area contributed by atoms with Gasteiger partial charge in [-0.25, -0.2) is 4.79 Å². The highest BCUT2D eigenvalue weighted by Gasteiger charge is 2.51. The number of nitrogens with zero attached hydrogens (tertiary/aromatic N) is 1. The summed E-state index contributed by atoms with van der Waals surface area (Å²) in [5.41, 5.74) is -1.69. The maximum absolute atomic E-state index is 12.4. The summed E-state index contributed by atoms with van der Waals surface area (Å²) in [4.78, 5) is 96.0. The molecule has 35 heavy (non-hydrogen) atoms. The molecule has 190 valence electrons. The number of Topliss-reactive ketones (excluding diaryl/α,β-unsaturated/α-hetero) is 3. The average molecular weight is 496 g/mol. The summed E-state index contributed by atoms with van der Waals surface area (Å²) in [6, 6.07) is 0.982. The predicted octanol–water partition coefficient (Wildman–Crippen LogP) is -1.26. The Bertz CT molecular complexity index is 1130. The number of aromatic nitrogens is 2. The van der Waals surface area contributed by atoms with Crippen LogP contribution in [-0.2, 0) is 47.7 Å². The van der Waals surface area contributed by atoms with Crippen molar-refractivity contribution in [3.63, 3.8) is 0 Å². The largest absolute Gasteiger partial charge is 0.462 e. The van der Waals surface area contributed by atoms with Gasteiger partial charge in [-0.15, -0.1) is 0 Å². The molecule has 14 heteroatoms. The van der Waals surface area contributed by atoms with Crippen molar-refractivity contribution in [3.8, 4) is 0 Å². The van der Waals surface area contributed by atoms with E-state index in [1.807, 2.05) is 4.98 Å². The highest BCUT2D eigenvalue weighted by Crippen LogP contribution is 2.34. The van der Waals surface area contributed by atoms with E-state index in [0.29, 0.717) is 0 Å². The van der Waals surface area contributed by atoms with Gasteiger partial charge in [0.05, 0.1) is 0 Å². The molecule has 1 saturated heterocycles. The molecular formula is C21H24N2O12. The SMILES string of the molecule is CC(=O)CC(=O)OC[C@H]1O[C@@H](n2ccc(=O)[nH]c2=O)[C@H](OC(=O)CC(C)=O)[C@@H]1OC(=O)CC(C)=O. The molecule has 0 bridgehead atoms. The van der Waals surface area contributed by atoms with Gasteiger partial charge in [0.25, 0.3) is 5.56 Å². The number of carbonyl (C=O) groups excluding carboxylic acids is 6. The van der Waals surface area contributed by atoms with Gasteiger partial charge in [0, 0.05) is 12.3 Å². The van der Waals surface area contributed by atoms with Crippen LogP contribution in [0.4, 0.5) is 0 Å². The molecule has 1 aromatic heterocycles. The molecule has 0 spiro atoms. The zero-order valence-electron chi connectivity index (χ0n) is 19.1. The molecular weight excluding hydrogens is 472 g/mol. The Morgan fingerprint density at radius 3 is 1.89 bits per heavy atom. The van der Waals surface area contributed by atoms with E-state index in [0.717, 1.165) is 30.7 Å².